The van der Waals surface area contributed by atoms with Crippen LogP contribution in [0.25, 0.3) is 28.1 Å². The zero-order valence-electron chi connectivity index (χ0n) is 17.1. The first kappa shape index (κ1) is 18.7. The monoisotopic (exact) mass is 398 g/mol. The number of hydrogen-bond acceptors (Lipinski definition) is 2. The molecule has 0 radical (unpaired) electrons. The Morgan fingerprint density at radius 3 is 2.70 bits per heavy atom. The number of amides is 1. The highest BCUT2D eigenvalue weighted by Crippen LogP contribution is 2.26. The van der Waals surface area contributed by atoms with Crippen LogP contribution in [0.1, 0.15) is 32.1 Å². The van der Waals surface area contributed by atoms with E-state index in [1.807, 2.05) is 41.0 Å². The average molecular weight is 399 g/mol. The van der Waals surface area contributed by atoms with Crippen LogP contribution in [0, 0.1) is 0 Å². The summed E-state index contributed by atoms with van der Waals surface area (Å²) in [7, 11) is 0. The number of fused-ring (bicyclic) bond motifs is 3. The summed E-state index contributed by atoms with van der Waals surface area (Å²) >= 11 is 0. The highest BCUT2D eigenvalue weighted by Gasteiger charge is 2.17. The molecular weight excluding hydrogens is 372 g/mol. The standard InChI is InChI=1S/C25H26N4O/c30-24(26-16-15-19-9-3-1-4-10-19)18-29-23(20-11-5-2-6-12-20)17-28-22-14-8-7-13-21(22)27-25(28)29/h2,5-9,11-14,17H,1,3-4,10,15-16,18H2,(H,26,30). The number of imidazole rings is 2. The third kappa shape index (κ3) is 3.63. The summed E-state index contributed by atoms with van der Waals surface area (Å²) in [4.78, 5) is 17.6. The molecule has 5 heteroatoms. The Bertz CT molecular complexity index is 1220. The van der Waals surface area contributed by atoms with Crippen molar-refractivity contribution in [2.24, 2.45) is 0 Å². The van der Waals surface area contributed by atoms with Gasteiger partial charge in [0.1, 0.15) is 6.54 Å². The zero-order valence-corrected chi connectivity index (χ0v) is 17.1. The number of carbonyl (C=O) groups excluding carboxylic acids is 1. The van der Waals surface area contributed by atoms with E-state index in [1.165, 1.54) is 31.3 Å². The van der Waals surface area contributed by atoms with E-state index in [0.717, 1.165) is 34.5 Å². The fourth-order valence-electron chi connectivity index (χ4n) is 4.34. The first-order valence-electron chi connectivity index (χ1n) is 10.8. The molecule has 152 valence electrons. The molecule has 5 nitrogen and oxygen atoms in total. The summed E-state index contributed by atoms with van der Waals surface area (Å²) < 4.78 is 4.10. The van der Waals surface area contributed by atoms with Crippen molar-refractivity contribution < 1.29 is 4.79 Å². The van der Waals surface area contributed by atoms with Crippen LogP contribution in [0.15, 0.2) is 72.4 Å². The van der Waals surface area contributed by atoms with Gasteiger partial charge in [0.05, 0.1) is 16.7 Å². The summed E-state index contributed by atoms with van der Waals surface area (Å²) in [6.07, 6.45) is 10.3. The van der Waals surface area contributed by atoms with Crippen LogP contribution < -0.4 is 5.32 Å². The minimum atomic E-state index is 0.0220. The summed E-state index contributed by atoms with van der Waals surface area (Å²) in [5.41, 5.74) is 5.54. The Balaban J connectivity index is 1.42. The van der Waals surface area contributed by atoms with Crippen molar-refractivity contribution in [3.63, 3.8) is 0 Å². The molecule has 2 aromatic carbocycles. The Labute approximate surface area is 176 Å². The second-order valence-electron chi connectivity index (χ2n) is 7.95. The zero-order chi connectivity index (χ0) is 20.3. The number of para-hydroxylation sites is 2. The lowest BCUT2D eigenvalue weighted by atomic mass is 9.97. The van der Waals surface area contributed by atoms with E-state index in [0.29, 0.717) is 6.54 Å². The molecule has 4 aromatic rings. The second-order valence-corrected chi connectivity index (χ2v) is 7.95. The van der Waals surface area contributed by atoms with Gasteiger partial charge in [-0.3, -0.25) is 9.20 Å². The van der Waals surface area contributed by atoms with Crippen molar-refractivity contribution in [3.8, 4) is 11.3 Å². The van der Waals surface area contributed by atoms with Crippen LogP contribution in [0.4, 0.5) is 0 Å². The molecule has 1 N–H and O–H groups in total. The quantitative estimate of drug-likeness (QED) is 0.467. The maximum Gasteiger partial charge on any atom is 0.240 e. The highest BCUT2D eigenvalue weighted by molar-refractivity contribution is 5.83. The van der Waals surface area contributed by atoms with Gasteiger partial charge in [-0.05, 0) is 49.8 Å². The van der Waals surface area contributed by atoms with Crippen molar-refractivity contribution in [1.29, 1.82) is 0 Å². The predicted octanol–water partition coefficient (Wildman–Crippen LogP) is 4.96. The summed E-state index contributed by atoms with van der Waals surface area (Å²) in [5.74, 6) is 0.814. The second kappa shape index (κ2) is 8.19. The van der Waals surface area contributed by atoms with Crippen molar-refractivity contribution >= 4 is 22.7 Å². The molecule has 1 aliphatic carbocycles. The molecule has 0 aliphatic heterocycles. The van der Waals surface area contributed by atoms with Gasteiger partial charge in [-0.25, -0.2) is 4.98 Å². The lowest BCUT2D eigenvalue weighted by Gasteiger charge is -2.13. The third-order valence-electron chi connectivity index (χ3n) is 5.89. The smallest absolute Gasteiger partial charge is 0.240 e. The van der Waals surface area contributed by atoms with Crippen LogP contribution in [0.3, 0.4) is 0 Å². The van der Waals surface area contributed by atoms with Gasteiger partial charge in [0.25, 0.3) is 0 Å². The van der Waals surface area contributed by atoms with Gasteiger partial charge < -0.3 is 9.88 Å². The van der Waals surface area contributed by atoms with Gasteiger partial charge in [0.15, 0.2) is 0 Å². The van der Waals surface area contributed by atoms with Crippen molar-refractivity contribution in [2.75, 3.05) is 6.54 Å². The number of allylic oxidation sites excluding steroid dienone is 1. The van der Waals surface area contributed by atoms with Crippen LogP contribution in [-0.4, -0.2) is 26.4 Å². The molecule has 0 unspecified atom stereocenters. The molecule has 2 heterocycles. The van der Waals surface area contributed by atoms with Crippen LogP contribution in [0.5, 0.6) is 0 Å². The Morgan fingerprint density at radius 1 is 1.03 bits per heavy atom. The highest BCUT2D eigenvalue weighted by atomic mass is 16.1. The Kier molecular flexibility index (Phi) is 5.10. The van der Waals surface area contributed by atoms with Crippen LogP contribution >= 0.6 is 0 Å². The largest absolute Gasteiger partial charge is 0.354 e. The molecular formula is C25H26N4O. The Hall–Kier alpha value is -3.34. The fourth-order valence-corrected chi connectivity index (χ4v) is 4.34. The van der Waals surface area contributed by atoms with E-state index in [2.05, 4.69) is 40.2 Å². The minimum absolute atomic E-state index is 0.0220. The van der Waals surface area contributed by atoms with Crippen molar-refractivity contribution in [1.82, 2.24) is 19.3 Å². The Morgan fingerprint density at radius 2 is 1.87 bits per heavy atom. The van der Waals surface area contributed by atoms with Gasteiger partial charge in [0.2, 0.25) is 11.7 Å². The predicted molar refractivity (Wildman–Crippen MR) is 120 cm³/mol. The van der Waals surface area contributed by atoms with Crippen LogP contribution in [-0.2, 0) is 11.3 Å². The van der Waals surface area contributed by atoms with Crippen molar-refractivity contribution in [3.05, 3.63) is 72.4 Å². The molecule has 0 bridgehead atoms. The molecule has 0 atom stereocenters. The van der Waals surface area contributed by atoms with Gasteiger partial charge in [-0.1, -0.05) is 54.1 Å². The molecule has 30 heavy (non-hydrogen) atoms. The molecule has 2 aromatic heterocycles. The van der Waals surface area contributed by atoms with E-state index in [-0.39, 0.29) is 12.5 Å². The van der Waals surface area contributed by atoms with Crippen molar-refractivity contribution in [2.45, 2.75) is 38.6 Å². The van der Waals surface area contributed by atoms with E-state index in [9.17, 15) is 4.79 Å². The van der Waals surface area contributed by atoms with Gasteiger partial charge in [-0.2, -0.15) is 0 Å². The lowest BCUT2D eigenvalue weighted by Crippen LogP contribution is -2.29. The maximum absolute atomic E-state index is 12.8. The number of nitrogens with zero attached hydrogens (tertiary/aromatic N) is 3. The minimum Gasteiger partial charge on any atom is -0.354 e. The summed E-state index contributed by atoms with van der Waals surface area (Å²) in [5, 5.41) is 3.11. The van der Waals surface area contributed by atoms with Gasteiger partial charge in [-0.15, -0.1) is 0 Å². The van der Waals surface area contributed by atoms with E-state index in [4.69, 9.17) is 4.98 Å². The van der Waals surface area contributed by atoms with Gasteiger partial charge in [0, 0.05) is 12.7 Å². The number of rotatable bonds is 6. The number of nitrogens with one attached hydrogen (secondary N) is 1. The SMILES string of the molecule is O=C(Cn1c(-c2ccccc2)cn2c3ccccc3nc12)NCCC1=CCCCC1. The first-order chi connectivity index (χ1) is 14.8. The topological polar surface area (TPSA) is 51.3 Å². The number of hydrogen-bond donors (Lipinski definition) is 1. The fraction of sp³-hybridized carbons (Fsp3) is 0.280. The van der Waals surface area contributed by atoms with Crippen LogP contribution in [0.2, 0.25) is 0 Å². The molecule has 0 saturated carbocycles. The molecule has 5 rings (SSSR count). The molecule has 1 aliphatic rings. The number of aromatic nitrogens is 3. The average Bonchev–Trinajstić information content (AvgIpc) is 3.32. The molecule has 0 fully saturated rings. The normalized spacial score (nSPS) is 14.2. The molecule has 0 spiro atoms. The lowest BCUT2D eigenvalue weighted by molar-refractivity contribution is -0.121. The number of carbonyl (C=O) groups is 1. The maximum atomic E-state index is 12.8. The molecule has 1 amide bonds. The molecule has 0 saturated heterocycles. The van der Waals surface area contributed by atoms with E-state index >= 15 is 0 Å². The number of benzene rings is 2. The summed E-state index contributed by atoms with van der Waals surface area (Å²) in [6.45, 7) is 0.947. The third-order valence-corrected chi connectivity index (χ3v) is 5.89. The van der Waals surface area contributed by atoms with Gasteiger partial charge >= 0.3 is 0 Å². The van der Waals surface area contributed by atoms with E-state index in [1.54, 1.807) is 0 Å². The first-order valence-corrected chi connectivity index (χ1v) is 10.8. The summed E-state index contributed by atoms with van der Waals surface area (Å²) in [6, 6.07) is 18.3. The van der Waals surface area contributed by atoms with E-state index < -0.39 is 0 Å².